The third kappa shape index (κ3) is 3.65. The van der Waals surface area contributed by atoms with E-state index in [0.29, 0.717) is 22.6 Å². The standard InChI is InChI=1S/C16H13ClFNO2/c1-20-14-4-3-12(8-17)16(7-14)21-10-13-6-11(9-19)2-5-15(13)18/h2-7H,8,10H2,1H3. The van der Waals surface area contributed by atoms with E-state index in [1.54, 1.807) is 25.3 Å². The first-order valence-corrected chi connectivity index (χ1v) is 6.75. The molecule has 2 rings (SSSR count). The van der Waals surface area contributed by atoms with Crippen LogP contribution in [0.3, 0.4) is 0 Å². The number of alkyl halides is 1. The summed E-state index contributed by atoms with van der Waals surface area (Å²) in [4.78, 5) is 0. The topological polar surface area (TPSA) is 42.2 Å². The maximum absolute atomic E-state index is 13.7. The van der Waals surface area contributed by atoms with Crippen LogP contribution in [0, 0.1) is 17.1 Å². The number of nitriles is 1. The summed E-state index contributed by atoms with van der Waals surface area (Å²) in [6.45, 7) is 0.0123. The van der Waals surface area contributed by atoms with Gasteiger partial charge in [-0.15, -0.1) is 11.6 Å². The fourth-order valence-electron chi connectivity index (χ4n) is 1.82. The summed E-state index contributed by atoms with van der Waals surface area (Å²) >= 11 is 5.85. The summed E-state index contributed by atoms with van der Waals surface area (Å²) in [5, 5.41) is 8.84. The van der Waals surface area contributed by atoms with Gasteiger partial charge in [-0.25, -0.2) is 4.39 Å². The fourth-order valence-corrected chi connectivity index (χ4v) is 2.04. The number of benzene rings is 2. The van der Waals surface area contributed by atoms with Gasteiger partial charge in [0.2, 0.25) is 0 Å². The van der Waals surface area contributed by atoms with Crippen molar-refractivity contribution < 1.29 is 13.9 Å². The van der Waals surface area contributed by atoms with Gasteiger partial charge in [-0.2, -0.15) is 5.26 Å². The molecule has 0 N–H and O–H groups in total. The number of ether oxygens (including phenoxy) is 2. The number of hydrogen-bond donors (Lipinski definition) is 0. The van der Waals surface area contributed by atoms with Gasteiger partial charge in [0.05, 0.1) is 24.6 Å². The van der Waals surface area contributed by atoms with Crippen molar-refractivity contribution in [2.24, 2.45) is 0 Å². The van der Waals surface area contributed by atoms with E-state index in [9.17, 15) is 4.39 Å². The Kier molecular flexibility index (Phi) is 5.02. The van der Waals surface area contributed by atoms with Gasteiger partial charge in [-0.3, -0.25) is 0 Å². The van der Waals surface area contributed by atoms with Crippen LogP contribution < -0.4 is 9.47 Å². The molecule has 0 bridgehead atoms. The number of hydrogen-bond acceptors (Lipinski definition) is 3. The molecule has 5 heteroatoms. The Bertz CT molecular complexity index is 682. The van der Waals surface area contributed by atoms with Crippen molar-refractivity contribution >= 4 is 11.6 Å². The van der Waals surface area contributed by atoms with Crippen molar-refractivity contribution in [3.8, 4) is 17.6 Å². The molecule has 21 heavy (non-hydrogen) atoms. The van der Waals surface area contributed by atoms with E-state index in [4.69, 9.17) is 26.3 Å². The molecule has 0 amide bonds. The molecule has 0 saturated carbocycles. The fraction of sp³-hybridized carbons (Fsp3) is 0.188. The predicted octanol–water partition coefficient (Wildman–Crippen LogP) is 4.02. The van der Waals surface area contributed by atoms with Gasteiger partial charge in [0.25, 0.3) is 0 Å². The predicted molar refractivity (Wildman–Crippen MR) is 78.0 cm³/mol. The third-order valence-electron chi connectivity index (χ3n) is 2.98. The molecule has 0 aliphatic carbocycles. The zero-order valence-corrected chi connectivity index (χ0v) is 12.2. The molecule has 0 heterocycles. The van der Waals surface area contributed by atoms with Gasteiger partial charge in [-0.1, -0.05) is 6.07 Å². The molecule has 0 atom stereocenters. The van der Waals surface area contributed by atoms with E-state index in [-0.39, 0.29) is 12.5 Å². The van der Waals surface area contributed by atoms with E-state index in [0.717, 1.165) is 5.56 Å². The van der Waals surface area contributed by atoms with Crippen LogP contribution in [0.1, 0.15) is 16.7 Å². The third-order valence-corrected chi connectivity index (χ3v) is 3.26. The molecule has 2 aromatic rings. The highest BCUT2D eigenvalue weighted by Gasteiger charge is 2.08. The van der Waals surface area contributed by atoms with Crippen molar-refractivity contribution in [3.05, 3.63) is 58.9 Å². The second-order valence-electron chi connectivity index (χ2n) is 4.31. The van der Waals surface area contributed by atoms with Crippen molar-refractivity contribution in [2.45, 2.75) is 12.5 Å². The normalized spacial score (nSPS) is 10.0. The molecule has 2 aromatic carbocycles. The van der Waals surface area contributed by atoms with Crippen molar-refractivity contribution in [1.29, 1.82) is 5.26 Å². The second kappa shape index (κ2) is 6.96. The van der Waals surface area contributed by atoms with Crippen LogP contribution in [0.25, 0.3) is 0 Å². The summed E-state index contributed by atoms with van der Waals surface area (Å²) in [5.74, 6) is 1.03. The lowest BCUT2D eigenvalue weighted by Gasteiger charge is -2.12. The zero-order chi connectivity index (χ0) is 15.2. The lowest BCUT2D eigenvalue weighted by Crippen LogP contribution is -2.01. The molecular formula is C16H13ClFNO2. The quantitative estimate of drug-likeness (QED) is 0.783. The number of methoxy groups -OCH3 is 1. The van der Waals surface area contributed by atoms with Crippen LogP contribution in [0.4, 0.5) is 4.39 Å². The molecular weight excluding hydrogens is 293 g/mol. The van der Waals surface area contributed by atoms with E-state index < -0.39 is 5.82 Å². The smallest absolute Gasteiger partial charge is 0.129 e. The molecule has 0 radical (unpaired) electrons. The summed E-state index contributed by atoms with van der Waals surface area (Å²) in [7, 11) is 1.55. The lowest BCUT2D eigenvalue weighted by atomic mass is 10.1. The average molecular weight is 306 g/mol. The van der Waals surface area contributed by atoms with Gasteiger partial charge in [0, 0.05) is 17.2 Å². The highest BCUT2D eigenvalue weighted by Crippen LogP contribution is 2.27. The number of nitrogens with zero attached hydrogens (tertiary/aromatic N) is 1. The van der Waals surface area contributed by atoms with Crippen LogP contribution in [0.2, 0.25) is 0 Å². The molecule has 0 spiro atoms. The van der Waals surface area contributed by atoms with E-state index in [1.807, 2.05) is 6.07 Å². The molecule has 0 aromatic heterocycles. The first-order valence-electron chi connectivity index (χ1n) is 6.22. The Balaban J connectivity index is 2.21. The monoisotopic (exact) mass is 305 g/mol. The Morgan fingerprint density at radius 3 is 2.67 bits per heavy atom. The second-order valence-corrected chi connectivity index (χ2v) is 4.58. The number of halogens is 2. The van der Waals surface area contributed by atoms with Crippen molar-refractivity contribution in [1.82, 2.24) is 0 Å². The summed E-state index contributed by atoms with van der Waals surface area (Å²) < 4.78 is 24.4. The van der Waals surface area contributed by atoms with Crippen LogP contribution >= 0.6 is 11.6 Å². The van der Waals surface area contributed by atoms with Gasteiger partial charge >= 0.3 is 0 Å². The molecule has 3 nitrogen and oxygen atoms in total. The van der Waals surface area contributed by atoms with Crippen LogP contribution in [-0.2, 0) is 12.5 Å². The van der Waals surface area contributed by atoms with Crippen LogP contribution in [0.5, 0.6) is 11.5 Å². The summed E-state index contributed by atoms with van der Waals surface area (Å²) in [5.41, 5.74) is 1.49. The molecule has 0 fully saturated rings. The minimum Gasteiger partial charge on any atom is -0.497 e. The Morgan fingerprint density at radius 2 is 2.00 bits per heavy atom. The lowest BCUT2D eigenvalue weighted by molar-refractivity contribution is 0.295. The van der Waals surface area contributed by atoms with Gasteiger partial charge < -0.3 is 9.47 Å². The van der Waals surface area contributed by atoms with Gasteiger partial charge in [-0.05, 0) is 24.3 Å². The Hall–Kier alpha value is -2.25. The van der Waals surface area contributed by atoms with E-state index in [2.05, 4.69) is 0 Å². The van der Waals surface area contributed by atoms with Gasteiger partial charge in [0.15, 0.2) is 0 Å². The first-order chi connectivity index (χ1) is 10.2. The molecule has 0 unspecified atom stereocenters. The summed E-state index contributed by atoms with van der Waals surface area (Å²) in [6.07, 6.45) is 0. The molecule has 108 valence electrons. The maximum Gasteiger partial charge on any atom is 0.129 e. The van der Waals surface area contributed by atoms with Gasteiger partial charge in [0.1, 0.15) is 23.9 Å². The largest absolute Gasteiger partial charge is 0.497 e. The SMILES string of the molecule is COc1ccc(CCl)c(OCc2cc(C#N)ccc2F)c1. The molecule has 0 aliphatic heterocycles. The Labute approximate surface area is 127 Å². The number of rotatable bonds is 5. The minimum atomic E-state index is -0.413. The minimum absolute atomic E-state index is 0.0123. The van der Waals surface area contributed by atoms with E-state index >= 15 is 0 Å². The van der Waals surface area contributed by atoms with Crippen LogP contribution in [0.15, 0.2) is 36.4 Å². The van der Waals surface area contributed by atoms with E-state index in [1.165, 1.54) is 18.2 Å². The summed E-state index contributed by atoms with van der Waals surface area (Å²) in [6, 6.07) is 11.4. The average Bonchev–Trinajstić information content (AvgIpc) is 2.53. The van der Waals surface area contributed by atoms with Crippen molar-refractivity contribution in [3.63, 3.8) is 0 Å². The molecule has 0 aliphatic rings. The van der Waals surface area contributed by atoms with Crippen molar-refractivity contribution in [2.75, 3.05) is 7.11 Å². The van der Waals surface area contributed by atoms with Crippen LogP contribution in [-0.4, -0.2) is 7.11 Å². The highest BCUT2D eigenvalue weighted by atomic mass is 35.5. The zero-order valence-electron chi connectivity index (χ0n) is 11.4. The highest BCUT2D eigenvalue weighted by molar-refractivity contribution is 6.17. The first kappa shape index (κ1) is 15.1. The Morgan fingerprint density at radius 1 is 1.19 bits per heavy atom. The maximum atomic E-state index is 13.7. The molecule has 0 saturated heterocycles.